The second kappa shape index (κ2) is 11.8. The minimum Gasteiger partial charge on any atom is -0.490 e. The smallest absolute Gasteiger partial charge is 0.339 e. The fourth-order valence-electron chi connectivity index (χ4n) is 2.14. The number of nitrogens with one attached hydrogen (secondary N) is 2. The molecular formula is C20H30N2O6. The van der Waals surface area contributed by atoms with Crippen LogP contribution in [-0.2, 0) is 9.53 Å². The third kappa shape index (κ3) is 7.85. The average molecular weight is 394 g/mol. The quantitative estimate of drug-likeness (QED) is 0.467. The van der Waals surface area contributed by atoms with E-state index < -0.39 is 24.0 Å². The summed E-state index contributed by atoms with van der Waals surface area (Å²) in [4.78, 5) is 35.9. The Kier molecular flexibility index (Phi) is 9.84. The molecule has 156 valence electrons. The van der Waals surface area contributed by atoms with Gasteiger partial charge in [-0.15, -0.1) is 0 Å². The molecule has 0 saturated heterocycles. The molecule has 1 unspecified atom stereocenters. The minimum atomic E-state index is -1.14. The zero-order chi connectivity index (χ0) is 21.1. The molecule has 3 amide bonds. The van der Waals surface area contributed by atoms with Crippen LogP contribution in [0.3, 0.4) is 0 Å². The van der Waals surface area contributed by atoms with Crippen LogP contribution in [-0.4, -0.2) is 43.3 Å². The predicted molar refractivity (Wildman–Crippen MR) is 105 cm³/mol. The van der Waals surface area contributed by atoms with Gasteiger partial charge in [0.1, 0.15) is 0 Å². The fourth-order valence-corrected chi connectivity index (χ4v) is 2.14. The number of imide groups is 1. The predicted octanol–water partition coefficient (Wildman–Crippen LogP) is 3.04. The van der Waals surface area contributed by atoms with Gasteiger partial charge in [-0.1, -0.05) is 13.3 Å². The maximum Gasteiger partial charge on any atom is 0.339 e. The number of esters is 1. The highest BCUT2D eigenvalue weighted by Crippen LogP contribution is 2.29. The summed E-state index contributed by atoms with van der Waals surface area (Å²) in [6, 6.07) is 3.93. The number of rotatable bonds is 10. The molecular weight excluding hydrogens is 364 g/mol. The first-order valence-electron chi connectivity index (χ1n) is 9.50. The average Bonchev–Trinajstić information content (AvgIpc) is 2.62. The maximum atomic E-state index is 12.4. The molecule has 1 atom stereocenters. The Balaban J connectivity index is 2.75. The Morgan fingerprint density at radius 2 is 1.75 bits per heavy atom. The third-order valence-electron chi connectivity index (χ3n) is 3.54. The first kappa shape index (κ1) is 23.3. The number of unbranched alkanes of at least 4 members (excludes halogenated alkanes) is 1. The molecule has 1 aromatic rings. The molecule has 0 fully saturated rings. The van der Waals surface area contributed by atoms with Gasteiger partial charge in [-0.2, -0.15) is 0 Å². The van der Waals surface area contributed by atoms with Crippen molar-refractivity contribution >= 4 is 17.9 Å². The van der Waals surface area contributed by atoms with Crippen molar-refractivity contribution in [3.05, 3.63) is 23.8 Å². The zero-order valence-electron chi connectivity index (χ0n) is 17.2. The first-order chi connectivity index (χ1) is 13.3. The van der Waals surface area contributed by atoms with E-state index in [1.165, 1.54) is 13.0 Å². The number of hydrogen-bond acceptors (Lipinski definition) is 6. The summed E-state index contributed by atoms with van der Waals surface area (Å²) in [6.45, 7) is 9.77. The largest absolute Gasteiger partial charge is 0.490 e. The van der Waals surface area contributed by atoms with Crippen molar-refractivity contribution in [2.75, 3.05) is 13.2 Å². The molecule has 0 spiro atoms. The van der Waals surface area contributed by atoms with E-state index in [0.717, 1.165) is 12.8 Å². The van der Waals surface area contributed by atoms with Gasteiger partial charge in [-0.05, 0) is 52.3 Å². The van der Waals surface area contributed by atoms with Crippen LogP contribution < -0.4 is 20.1 Å². The molecule has 0 heterocycles. The SMILES string of the molecule is CCCCOc1ccc(C(=O)OC(C)C(=O)NC(=O)NC(C)C)cc1OCC. The molecule has 1 aromatic carbocycles. The molecule has 8 heteroatoms. The minimum absolute atomic E-state index is 0.124. The van der Waals surface area contributed by atoms with E-state index in [1.807, 2.05) is 6.92 Å². The third-order valence-corrected chi connectivity index (χ3v) is 3.54. The van der Waals surface area contributed by atoms with Crippen molar-refractivity contribution in [3.8, 4) is 11.5 Å². The number of hydrogen-bond donors (Lipinski definition) is 2. The van der Waals surface area contributed by atoms with Crippen LogP contribution in [0.25, 0.3) is 0 Å². The molecule has 0 aliphatic heterocycles. The summed E-state index contributed by atoms with van der Waals surface area (Å²) in [7, 11) is 0. The van der Waals surface area contributed by atoms with Crippen LogP contribution in [0.5, 0.6) is 11.5 Å². The van der Waals surface area contributed by atoms with Gasteiger partial charge in [0.05, 0.1) is 18.8 Å². The first-order valence-corrected chi connectivity index (χ1v) is 9.50. The summed E-state index contributed by atoms with van der Waals surface area (Å²) in [6.07, 6.45) is 0.775. The highest BCUT2D eigenvalue weighted by Gasteiger charge is 2.22. The molecule has 28 heavy (non-hydrogen) atoms. The van der Waals surface area contributed by atoms with Crippen molar-refractivity contribution in [1.29, 1.82) is 0 Å². The molecule has 0 radical (unpaired) electrons. The van der Waals surface area contributed by atoms with Gasteiger partial charge in [0.25, 0.3) is 5.91 Å². The lowest BCUT2D eigenvalue weighted by atomic mass is 10.2. The van der Waals surface area contributed by atoms with Crippen LogP contribution in [0.1, 0.15) is 57.8 Å². The lowest BCUT2D eigenvalue weighted by Gasteiger charge is -2.16. The molecule has 0 saturated carbocycles. The topological polar surface area (TPSA) is 103 Å². The van der Waals surface area contributed by atoms with Crippen molar-refractivity contribution < 1.29 is 28.6 Å². The highest BCUT2D eigenvalue weighted by atomic mass is 16.5. The molecule has 8 nitrogen and oxygen atoms in total. The van der Waals surface area contributed by atoms with Gasteiger partial charge in [0.2, 0.25) is 0 Å². The van der Waals surface area contributed by atoms with Crippen molar-refractivity contribution in [1.82, 2.24) is 10.6 Å². The molecule has 2 N–H and O–H groups in total. The van der Waals surface area contributed by atoms with Gasteiger partial charge in [-0.25, -0.2) is 9.59 Å². The Hall–Kier alpha value is -2.77. The molecule has 0 aliphatic rings. The summed E-state index contributed by atoms with van der Waals surface area (Å²) < 4.78 is 16.4. The summed E-state index contributed by atoms with van der Waals surface area (Å²) >= 11 is 0. The van der Waals surface area contributed by atoms with Crippen LogP contribution in [0.15, 0.2) is 18.2 Å². The molecule has 0 aliphatic carbocycles. The second-order valence-corrected chi connectivity index (χ2v) is 6.46. The summed E-state index contributed by atoms with van der Waals surface area (Å²) in [5.74, 6) is -0.437. The maximum absolute atomic E-state index is 12.4. The Morgan fingerprint density at radius 3 is 2.36 bits per heavy atom. The van der Waals surface area contributed by atoms with Crippen LogP contribution >= 0.6 is 0 Å². The van der Waals surface area contributed by atoms with Gasteiger partial charge in [0, 0.05) is 6.04 Å². The van der Waals surface area contributed by atoms with Crippen molar-refractivity contribution in [2.24, 2.45) is 0 Å². The molecule has 0 aromatic heterocycles. The summed E-state index contributed by atoms with van der Waals surface area (Å²) in [5.41, 5.74) is 0.220. The van der Waals surface area contributed by atoms with Gasteiger partial charge < -0.3 is 19.5 Å². The number of benzene rings is 1. The standard InChI is InChI=1S/C20H30N2O6/c1-6-8-11-27-16-10-9-15(12-17(16)26-7-2)19(24)28-14(5)18(23)22-20(25)21-13(3)4/h9-10,12-14H,6-8,11H2,1-5H3,(H2,21,22,23,25). The Bertz CT molecular complexity index is 675. The lowest BCUT2D eigenvalue weighted by molar-refractivity contribution is -0.127. The van der Waals surface area contributed by atoms with Gasteiger partial charge in [-0.3, -0.25) is 10.1 Å². The van der Waals surface area contributed by atoms with E-state index in [1.54, 1.807) is 26.0 Å². The van der Waals surface area contributed by atoms with Crippen LogP contribution in [0.4, 0.5) is 4.79 Å². The Labute approximate surface area is 165 Å². The number of amides is 3. The molecule has 1 rings (SSSR count). The normalized spacial score (nSPS) is 11.5. The number of ether oxygens (including phenoxy) is 3. The van der Waals surface area contributed by atoms with E-state index in [0.29, 0.717) is 24.7 Å². The lowest BCUT2D eigenvalue weighted by Crippen LogP contribution is -2.46. The fraction of sp³-hybridized carbons (Fsp3) is 0.550. The van der Waals surface area contributed by atoms with Gasteiger partial charge >= 0.3 is 12.0 Å². The second-order valence-electron chi connectivity index (χ2n) is 6.46. The van der Waals surface area contributed by atoms with Crippen molar-refractivity contribution in [2.45, 2.75) is 59.6 Å². The van der Waals surface area contributed by atoms with Crippen LogP contribution in [0, 0.1) is 0 Å². The van der Waals surface area contributed by atoms with Crippen LogP contribution in [0.2, 0.25) is 0 Å². The van der Waals surface area contributed by atoms with E-state index in [-0.39, 0.29) is 11.6 Å². The highest BCUT2D eigenvalue weighted by molar-refractivity contribution is 5.98. The zero-order valence-corrected chi connectivity index (χ0v) is 17.2. The van der Waals surface area contributed by atoms with Crippen molar-refractivity contribution in [3.63, 3.8) is 0 Å². The molecule has 0 bridgehead atoms. The number of urea groups is 1. The number of carbonyl (C=O) groups is 3. The number of carbonyl (C=O) groups excluding carboxylic acids is 3. The summed E-state index contributed by atoms with van der Waals surface area (Å²) in [5, 5.41) is 4.65. The Morgan fingerprint density at radius 1 is 1.04 bits per heavy atom. The monoisotopic (exact) mass is 394 g/mol. The van der Waals surface area contributed by atoms with E-state index in [9.17, 15) is 14.4 Å². The van der Waals surface area contributed by atoms with E-state index in [4.69, 9.17) is 14.2 Å². The van der Waals surface area contributed by atoms with Gasteiger partial charge in [0.15, 0.2) is 17.6 Å². The van der Waals surface area contributed by atoms with E-state index >= 15 is 0 Å². The van der Waals surface area contributed by atoms with E-state index in [2.05, 4.69) is 17.6 Å².